The minimum atomic E-state index is -0.876. The van der Waals surface area contributed by atoms with Crippen LogP contribution in [0.3, 0.4) is 0 Å². The van der Waals surface area contributed by atoms with Gasteiger partial charge in [-0.05, 0) is 29.8 Å². The zero-order valence-electron chi connectivity index (χ0n) is 15.4. The second kappa shape index (κ2) is 8.74. The van der Waals surface area contributed by atoms with Gasteiger partial charge in [0.05, 0.1) is 19.2 Å². The van der Waals surface area contributed by atoms with Gasteiger partial charge in [-0.25, -0.2) is 0 Å². The van der Waals surface area contributed by atoms with E-state index in [0.29, 0.717) is 27.6 Å². The van der Waals surface area contributed by atoms with Gasteiger partial charge in [0, 0.05) is 10.6 Å². The highest BCUT2D eigenvalue weighted by Crippen LogP contribution is 2.27. The van der Waals surface area contributed by atoms with Gasteiger partial charge in [0.1, 0.15) is 12.3 Å². The number of esters is 1. The van der Waals surface area contributed by atoms with Crippen molar-refractivity contribution < 1.29 is 28.7 Å². The van der Waals surface area contributed by atoms with E-state index in [4.69, 9.17) is 21.1 Å². The van der Waals surface area contributed by atoms with Gasteiger partial charge < -0.3 is 14.8 Å². The molecule has 0 saturated heterocycles. The van der Waals surface area contributed by atoms with E-state index in [9.17, 15) is 19.2 Å². The average Bonchev–Trinajstić information content (AvgIpc) is 2.70. The summed E-state index contributed by atoms with van der Waals surface area (Å²) < 4.78 is 10.0. The molecule has 0 saturated carbocycles. The van der Waals surface area contributed by atoms with Crippen molar-refractivity contribution in [2.24, 2.45) is 0 Å². The number of benzene rings is 2. The summed E-state index contributed by atoms with van der Waals surface area (Å²) in [6, 6.07) is 11.4. The van der Waals surface area contributed by atoms with E-state index in [-0.39, 0.29) is 6.42 Å². The molecule has 1 N–H and O–H groups in total. The average molecular weight is 417 g/mol. The molecular weight excluding hydrogens is 400 g/mol. The van der Waals surface area contributed by atoms with Crippen molar-refractivity contribution in [1.82, 2.24) is 4.90 Å². The Morgan fingerprint density at radius 2 is 1.93 bits per heavy atom. The molecule has 1 aliphatic heterocycles. The van der Waals surface area contributed by atoms with Crippen molar-refractivity contribution in [3.05, 3.63) is 58.6 Å². The standard InChI is InChI=1S/C20H17ClN2O6/c1-28-16-7-6-13(21)9-15(16)22-17(24)11-29-19(26)10-23-18(25)8-12-4-2-3-5-14(12)20(23)27/h2-7,9H,8,10-11H2,1H3,(H,22,24). The van der Waals surface area contributed by atoms with Crippen molar-refractivity contribution in [1.29, 1.82) is 0 Å². The van der Waals surface area contributed by atoms with Crippen molar-refractivity contribution in [2.75, 3.05) is 25.6 Å². The molecule has 8 nitrogen and oxygen atoms in total. The Labute approximate surface area is 171 Å². The molecule has 3 rings (SSSR count). The molecule has 1 aliphatic rings. The normalized spacial score (nSPS) is 13.0. The molecule has 0 fully saturated rings. The lowest BCUT2D eigenvalue weighted by Crippen LogP contribution is -2.45. The smallest absolute Gasteiger partial charge is 0.326 e. The maximum Gasteiger partial charge on any atom is 0.326 e. The van der Waals surface area contributed by atoms with Crippen molar-refractivity contribution >= 4 is 41.0 Å². The summed E-state index contributed by atoms with van der Waals surface area (Å²) in [7, 11) is 1.43. The lowest BCUT2D eigenvalue weighted by molar-refractivity contribution is -0.150. The maximum absolute atomic E-state index is 12.4. The number of carbonyl (C=O) groups excluding carboxylic acids is 4. The quantitative estimate of drug-likeness (QED) is 0.571. The molecule has 9 heteroatoms. The lowest BCUT2D eigenvalue weighted by Gasteiger charge is -2.25. The molecule has 0 spiro atoms. The van der Waals surface area contributed by atoms with Gasteiger partial charge in [-0.3, -0.25) is 24.1 Å². The Balaban J connectivity index is 1.56. The molecule has 0 unspecified atom stereocenters. The number of rotatable bonds is 6. The Hall–Kier alpha value is -3.39. The number of nitrogens with one attached hydrogen (secondary N) is 1. The van der Waals surface area contributed by atoms with E-state index in [2.05, 4.69) is 5.32 Å². The highest BCUT2D eigenvalue weighted by Gasteiger charge is 2.32. The van der Waals surface area contributed by atoms with Crippen LogP contribution in [0.15, 0.2) is 42.5 Å². The number of fused-ring (bicyclic) bond motifs is 1. The van der Waals surface area contributed by atoms with Crippen LogP contribution in [0.5, 0.6) is 5.75 Å². The van der Waals surface area contributed by atoms with Gasteiger partial charge >= 0.3 is 5.97 Å². The van der Waals surface area contributed by atoms with E-state index in [1.165, 1.54) is 13.2 Å². The Morgan fingerprint density at radius 1 is 1.17 bits per heavy atom. The third-order valence-corrected chi connectivity index (χ3v) is 4.46. The highest BCUT2D eigenvalue weighted by molar-refractivity contribution is 6.31. The summed E-state index contributed by atoms with van der Waals surface area (Å²) in [4.78, 5) is 49.5. The van der Waals surface area contributed by atoms with Crippen LogP contribution in [0.25, 0.3) is 0 Å². The number of methoxy groups -OCH3 is 1. The number of halogens is 1. The van der Waals surface area contributed by atoms with Gasteiger partial charge in [0.2, 0.25) is 5.91 Å². The summed E-state index contributed by atoms with van der Waals surface area (Å²) in [6.07, 6.45) is 0.0181. The molecule has 0 aliphatic carbocycles. The maximum atomic E-state index is 12.4. The number of carbonyl (C=O) groups is 4. The number of amides is 3. The summed E-state index contributed by atoms with van der Waals surface area (Å²) in [5.41, 5.74) is 1.30. The SMILES string of the molecule is COc1ccc(Cl)cc1NC(=O)COC(=O)CN1C(=O)Cc2ccccc2C1=O. The van der Waals surface area contributed by atoms with E-state index in [1.54, 1.807) is 36.4 Å². The molecule has 0 aromatic heterocycles. The van der Waals surface area contributed by atoms with E-state index < -0.39 is 36.8 Å². The van der Waals surface area contributed by atoms with Gasteiger partial charge in [0.25, 0.3) is 11.8 Å². The second-order valence-corrected chi connectivity index (χ2v) is 6.61. The third kappa shape index (κ3) is 4.72. The number of nitrogens with zero attached hydrogens (tertiary/aromatic N) is 1. The lowest BCUT2D eigenvalue weighted by atomic mass is 9.98. The van der Waals surface area contributed by atoms with Gasteiger partial charge in [-0.2, -0.15) is 0 Å². The van der Waals surface area contributed by atoms with Gasteiger partial charge in [-0.15, -0.1) is 0 Å². The zero-order chi connectivity index (χ0) is 21.0. The van der Waals surface area contributed by atoms with E-state index in [1.807, 2.05) is 0 Å². The molecule has 3 amide bonds. The molecule has 0 bridgehead atoms. The first-order valence-electron chi connectivity index (χ1n) is 8.60. The fourth-order valence-corrected chi connectivity index (χ4v) is 3.02. The highest BCUT2D eigenvalue weighted by atomic mass is 35.5. The first-order valence-corrected chi connectivity index (χ1v) is 8.98. The Morgan fingerprint density at radius 3 is 2.69 bits per heavy atom. The monoisotopic (exact) mass is 416 g/mol. The van der Waals surface area contributed by atoms with Crippen LogP contribution in [0.1, 0.15) is 15.9 Å². The predicted octanol–water partition coefficient (Wildman–Crippen LogP) is 2.06. The zero-order valence-corrected chi connectivity index (χ0v) is 16.2. The number of imide groups is 1. The minimum Gasteiger partial charge on any atom is -0.495 e. The molecule has 150 valence electrons. The molecular formula is C20H17ClN2O6. The number of anilines is 1. The van der Waals surface area contributed by atoms with E-state index >= 15 is 0 Å². The fourth-order valence-electron chi connectivity index (χ4n) is 2.85. The van der Waals surface area contributed by atoms with Gasteiger partial charge in [-0.1, -0.05) is 29.8 Å². The van der Waals surface area contributed by atoms with Crippen LogP contribution in [0.4, 0.5) is 5.69 Å². The fraction of sp³-hybridized carbons (Fsp3) is 0.200. The van der Waals surface area contributed by atoms with Crippen LogP contribution >= 0.6 is 11.6 Å². The number of hydrogen-bond donors (Lipinski definition) is 1. The molecule has 2 aromatic rings. The summed E-state index contributed by atoms with van der Waals surface area (Å²) in [6.45, 7) is -1.17. The summed E-state index contributed by atoms with van der Waals surface area (Å²) >= 11 is 5.89. The first-order chi connectivity index (χ1) is 13.9. The number of ether oxygens (including phenoxy) is 2. The molecule has 29 heavy (non-hydrogen) atoms. The molecule has 0 atom stereocenters. The third-order valence-electron chi connectivity index (χ3n) is 4.22. The predicted molar refractivity (Wildman–Crippen MR) is 104 cm³/mol. The molecule has 2 aromatic carbocycles. The van der Waals surface area contributed by atoms with Crippen LogP contribution in [0, 0.1) is 0 Å². The summed E-state index contributed by atoms with van der Waals surface area (Å²) in [5.74, 6) is -2.18. The van der Waals surface area contributed by atoms with Crippen LogP contribution in [-0.4, -0.2) is 48.9 Å². The van der Waals surface area contributed by atoms with Crippen molar-refractivity contribution in [3.63, 3.8) is 0 Å². The Kier molecular flexibility index (Phi) is 6.13. The molecule has 0 radical (unpaired) electrons. The second-order valence-electron chi connectivity index (χ2n) is 6.17. The molecule has 1 heterocycles. The number of hydrogen-bond acceptors (Lipinski definition) is 6. The van der Waals surface area contributed by atoms with Crippen LogP contribution < -0.4 is 10.1 Å². The minimum absolute atomic E-state index is 0.0181. The van der Waals surface area contributed by atoms with E-state index in [0.717, 1.165) is 4.90 Å². The first kappa shape index (κ1) is 20.3. The van der Waals surface area contributed by atoms with Crippen LogP contribution in [-0.2, 0) is 25.5 Å². The largest absolute Gasteiger partial charge is 0.495 e. The van der Waals surface area contributed by atoms with Gasteiger partial charge in [0.15, 0.2) is 6.61 Å². The summed E-state index contributed by atoms with van der Waals surface area (Å²) in [5, 5.41) is 2.91. The van der Waals surface area contributed by atoms with Crippen molar-refractivity contribution in [2.45, 2.75) is 6.42 Å². The Bertz CT molecular complexity index is 991. The topological polar surface area (TPSA) is 102 Å². The van der Waals surface area contributed by atoms with Crippen LogP contribution in [0.2, 0.25) is 5.02 Å². The van der Waals surface area contributed by atoms with Crippen molar-refractivity contribution in [3.8, 4) is 5.75 Å².